The van der Waals surface area contributed by atoms with Crippen LogP contribution in [-0.4, -0.2) is 41.0 Å². The number of nitrogens with zero attached hydrogens (tertiary/aromatic N) is 3. The lowest BCUT2D eigenvalue weighted by molar-refractivity contribution is -0.116. The lowest BCUT2D eigenvalue weighted by Crippen LogP contribution is -2.14. The molecule has 2 rings (SSSR count). The van der Waals surface area contributed by atoms with Gasteiger partial charge in [-0.25, -0.2) is 4.98 Å². The number of ether oxygens (including phenoxy) is 2. The Bertz CT molecular complexity index is 619. The summed E-state index contributed by atoms with van der Waals surface area (Å²) in [6.07, 6.45) is 4.12. The van der Waals surface area contributed by atoms with E-state index in [0.717, 1.165) is 0 Å². The van der Waals surface area contributed by atoms with E-state index in [1.165, 1.54) is 6.33 Å². The maximum absolute atomic E-state index is 12.1. The number of para-hydroxylation sites is 1. The molecular weight excluding hydrogens is 320 g/mol. The van der Waals surface area contributed by atoms with Gasteiger partial charge in [-0.2, -0.15) is 5.10 Å². The van der Waals surface area contributed by atoms with E-state index in [4.69, 9.17) is 21.1 Å². The van der Waals surface area contributed by atoms with E-state index >= 15 is 0 Å². The molecule has 0 fully saturated rings. The minimum Gasteiger partial charge on any atom is -0.487 e. The first-order valence-electron chi connectivity index (χ1n) is 7.23. The number of benzene rings is 1. The predicted octanol–water partition coefficient (Wildman–Crippen LogP) is 2.38. The predicted molar refractivity (Wildman–Crippen MR) is 86.7 cm³/mol. The summed E-state index contributed by atoms with van der Waals surface area (Å²) >= 11 is 6.13. The van der Waals surface area contributed by atoms with Crippen LogP contribution in [-0.2, 0) is 16.1 Å². The van der Waals surface area contributed by atoms with Crippen molar-refractivity contribution < 1.29 is 14.3 Å². The van der Waals surface area contributed by atoms with Gasteiger partial charge in [0.15, 0.2) is 5.75 Å². The molecule has 124 valence electrons. The molecule has 0 aliphatic carbocycles. The molecule has 0 spiro atoms. The van der Waals surface area contributed by atoms with E-state index in [0.29, 0.717) is 49.1 Å². The van der Waals surface area contributed by atoms with Gasteiger partial charge in [-0.15, -0.1) is 0 Å². The Morgan fingerprint density at radius 2 is 2.26 bits per heavy atom. The van der Waals surface area contributed by atoms with Gasteiger partial charge >= 0.3 is 0 Å². The molecule has 0 aliphatic heterocycles. The molecule has 23 heavy (non-hydrogen) atoms. The molecule has 0 radical (unpaired) electrons. The van der Waals surface area contributed by atoms with Gasteiger partial charge < -0.3 is 14.8 Å². The SMILES string of the molecule is COCCOc1c(Cl)cccc1NC(=O)CCCn1cncn1. The van der Waals surface area contributed by atoms with Gasteiger partial charge in [-0.05, 0) is 18.6 Å². The molecule has 7 nitrogen and oxygen atoms in total. The van der Waals surface area contributed by atoms with Crippen molar-refractivity contribution in [3.8, 4) is 5.75 Å². The van der Waals surface area contributed by atoms with Gasteiger partial charge in [-0.3, -0.25) is 9.48 Å². The first kappa shape index (κ1) is 17.2. The molecule has 0 unspecified atom stereocenters. The van der Waals surface area contributed by atoms with Crippen molar-refractivity contribution in [1.82, 2.24) is 14.8 Å². The van der Waals surface area contributed by atoms with Crippen molar-refractivity contribution in [2.24, 2.45) is 0 Å². The van der Waals surface area contributed by atoms with Crippen molar-refractivity contribution in [2.45, 2.75) is 19.4 Å². The molecule has 1 aromatic carbocycles. The molecular formula is C15H19ClN4O3. The topological polar surface area (TPSA) is 78.3 Å². The van der Waals surface area contributed by atoms with E-state index in [1.54, 1.807) is 36.3 Å². The summed E-state index contributed by atoms with van der Waals surface area (Å²) in [5.41, 5.74) is 0.555. The van der Waals surface area contributed by atoms with E-state index < -0.39 is 0 Å². The molecule has 1 heterocycles. The highest BCUT2D eigenvalue weighted by atomic mass is 35.5. The average molecular weight is 339 g/mol. The molecule has 0 bridgehead atoms. The summed E-state index contributed by atoms with van der Waals surface area (Å²) in [4.78, 5) is 15.9. The number of hydrogen-bond donors (Lipinski definition) is 1. The molecule has 2 aromatic rings. The van der Waals surface area contributed by atoms with Crippen LogP contribution in [0.1, 0.15) is 12.8 Å². The quantitative estimate of drug-likeness (QED) is 0.710. The summed E-state index contributed by atoms with van der Waals surface area (Å²) in [6.45, 7) is 1.44. The summed E-state index contributed by atoms with van der Waals surface area (Å²) in [6, 6.07) is 5.23. The zero-order valence-electron chi connectivity index (χ0n) is 12.9. The standard InChI is InChI=1S/C15H19ClN4O3/c1-22-8-9-23-15-12(16)4-2-5-13(15)19-14(21)6-3-7-20-11-17-10-18-20/h2,4-5,10-11H,3,6-9H2,1H3,(H,19,21). The molecule has 8 heteroatoms. The Morgan fingerprint density at radius 1 is 1.39 bits per heavy atom. The van der Waals surface area contributed by atoms with Gasteiger partial charge in [0, 0.05) is 20.1 Å². The number of nitrogens with one attached hydrogen (secondary N) is 1. The van der Waals surface area contributed by atoms with Crippen molar-refractivity contribution in [2.75, 3.05) is 25.6 Å². The zero-order chi connectivity index (χ0) is 16.5. The third-order valence-electron chi connectivity index (χ3n) is 3.03. The number of carbonyl (C=O) groups is 1. The van der Waals surface area contributed by atoms with Crippen LogP contribution in [0.15, 0.2) is 30.9 Å². The number of methoxy groups -OCH3 is 1. The highest BCUT2D eigenvalue weighted by molar-refractivity contribution is 6.32. The van der Waals surface area contributed by atoms with Crippen LogP contribution in [0, 0.1) is 0 Å². The van der Waals surface area contributed by atoms with Crippen molar-refractivity contribution in [3.05, 3.63) is 35.9 Å². The maximum Gasteiger partial charge on any atom is 0.224 e. The van der Waals surface area contributed by atoms with Crippen molar-refractivity contribution in [3.63, 3.8) is 0 Å². The number of anilines is 1. The average Bonchev–Trinajstić information content (AvgIpc) is 3.03. The molecule has 1 amide bonds. The smallest absolute Gasteiger partial charge is 0.224 e. The molecule has 0 saturated carbocycles. The molecule has 0 aliphatic rings. The second kappa shape index (κ2) is 9.12. The van der Waals surface area contributed by atoms with Gasteiger partial charge in [-0.1, -0.05) is 17.7 Å². The lowest BCUT2D eigenvalue weighted by atomic mass is 10.2. The third-order valence-corrected chi connectivity index (χ3v) is 3.33. The maximum atomic E-state index is 12.1. The number of aromatic nitrogens is 3. The molecule has 0 atom stereocenters. The van der Waals surface area contributed by atoms with E-state index in [1.807, 2.05) is 0 Å². The normalized spacial score (nSPS) is 10.5. The number of halogens is 1. The Kier molecular flexibility index (Phi) is 6.83. The van der Waals surface area contributed by atoms with Crippen LogP contribution in [0.4, 0.5) is 5.69 Å². The fraction of sp³-hybridized carbons (Fsp3) is 0.400. The Balaban J connectivity index is 1.87. The van der Waals surface area contributed by atoms with Gasteiger partial charge in [0.05, 0.1) is 17.3 Å². The zero-order valence-corrected chi connectivity index (χ0v) is 13.6. The van der Waals surface area contributed by atoms with E-state index in [2.05, 4.69) is 15.4 Å². The van der Waals surface area contributed by atoms with Crippen LogP contribution < -0.4 is 10.1 Å². The number of rotatable bonds is 9. The number of aryl methyl sites for hydroxylation is 1. The molecule has 0 saturated heterocycles. The van der Waals surface area contributed by atoms with Crippen molar-refractivity contribution in [1.29, 1.82) is 0 Å². The van der Waals surface area contributed by atoms with E-state index in [-0.39, 0.29) is 5.91 Å². The van der Waals surface area contributed by atoms with Gasteiger partial charge in [0.2, 0.25) is 5.91 Å². The Hall–Kier alpha value is -2.12. The third kappa shape index (κ3) is 5.54. The highest BCUT2D eigenvalue weighted by Crippen LogP contribution is 2.33. The fourth-order valence-corrected chi connectivity index (χ4v) is 2.17. The summed E-state index contributed by atoms with van der Waals surface area (Å²) in [7, 11) is 1.59. The van der Waals surface area contributed by atoms with Crippen LogP contribution in [0.2, 0.25) is 5.02 Å². The Morgan fingerprint density at radius 3 is 3.00 bits per heavy atom. The minimum atomic E-state index is -0.107. The fourth-order valence-electron chi connectivity index (χ4n) is 1.94. The van der Waals surface area contributed by atoms with Gasteiger partial charge in [0.25, 0.3) is 0 Å². The second-order valence-corrected chi connectivity index (χ2v) is 5.18. The second-order valence-electron chi connectivity index (χ2n) is 4.77. The van der Waals surface area contributed by atoms with Crippen LogP contribution in [0.25, 0.3) is 0 Å². The monoisotopic (exact) mass is 338 g/mol. The summed E-state index contributed by atoms with van der Waals surface area (Å²) in [5, 5.41) is 7.26. The Labute approximate surface area is 139 Å². The lowest BCUT2D eigenvalue weighted by Gasteiger charge is -2.13. The van der Waals surface area contributed by atoms with Crippen LogP contribution in [0.3, 0.4) is 0 Å². The van der Waals surface area contributed by atoms with Crippen LogP contribution in [0.5, 0.6) is 5.75 Å². The first-order valence-corrected chi connectivity index (χ1v) is 7.61. The van der Waals surface area contributed by atoms with Crippen molar-refractivity contribution >= 4 is 23.2 Å². The highest BCUT2D eigenvalue weighted by Gasteiger charge is 2.11. The van der Waals surface area contributed by atoms with Crippen LogP contribution >= 0.6 is 11.6 Å². The minimum absolute atomic E-state index is 0.107. The largest absolute Gasteiger partial charge is 0.487 e. The number of amides is 1. The summed E-state index contributed by atoms with van der Waals surface area (Å²) < 4.78 is 12.2. The summed E-state index contributed by atoms with van der Waals surface area (Å²) in [5.74, 6) is 0.347. The first-order chi connectivity index (χ1) is 11.2. The molecule has 1 aromatic heterocycles. The van der Waals surface area contributed by atoms with Gasteiger partial charge in [0.1, 0.15) is 19.3 Å². The number of carbonyl (C=O) groups excluding carboxylic acids is 1. The number of hydrogen-bond acceptors (Lipinski definition) is 5. The van der Waals surface area contributed by atoms with E-state index in [9.17, 15) is 4.79 Å². The molecule has 1 N–H and O–H groups in total.